The van der Waals surface area contributed by atoms with Gasteiger partial charge in [-0.1, -0.05) is 122 Å². The maximum absolute atomic E-state index is 12.9. The maximum Gasteiger partial charge on any atom is 0.432 e. The summed E-state index contributed by atoms with van der Waals surface area (Å²) < 4.78 is 67.8. The van der Waals surface area contributed by atoms with E-state index in [-0.39, 0.29) is 61.0 Å². The van der Waals surface area contributed by atoms with Crippen molar-refractivity contribution in [1.82, 2.24) is 69.1 Å². The molecule has 11 heterocycles. The van der Waals surface area contributed by atoms with Crippen LogP contribution in [0.4, 0.5) is 14.4 Å². The molecule has 11 fully saturated rings. The molecule has 14 rings (SSSR count). The Morgan fingerprint density at radius 1 is 0.524 bits per heavy atom. The predicted octanol–water partition coefficient (Wildman–Crippen LogP) is 3.14. The van der Waals surface area contributed by atoms with Gasteiger partial charge < -0.3 is 47.0 Å². The molecule has 11 aliphatic heterocycles. The number of carbonyl (C=O) groups is 8. The molecule has 11 aliphatic rings. The van der Waals surface area contributed by atoms with Gasteiger partial charge in [0.05, 0.1) is 18.1 Å². The van der Waals surface area contributed by atoms with E-state index in [1.54, 1.807) is 4.90 Å². The lowest BCUT2D eigenvalue weighted by Gasteiger charge is -2.42. The number of hydrogen-bond donors (Lipinski definition) is 9. The highest BCUT2D eigenvalue weighted by atomic mass is 32.2. The van der Waals surface area contributed by atoms with Gasteiger partial charge in [-0.25, -0.2) is 28.3 Å². The van der Waals surface area contributed by atoms with Crippen molar-refractivity contribution < 1.29 is 83.8 Å². The van der Waals surface area contributed by atoms with Crippen LogP contribution < -0.4 is 32.3 Å². The Kier molecular flexibility index (Phi) is 28.3. The quantitative estimate of drug-likeness (QED) is 0.0201. The van der Waals surface area contributed by atoms with E-state index in [4.69, 9.17) is 24.9 Å². The Bertz CT molecular complexity index is 3580. The molecule has 10 N–H and O–H groups in total. The van der Waals surface area contributed by atoms with Gasteiger partial charge in [0, 0.05) is 95.9 Å². The van der Waals surface area contributed by atoms with Crippen molar-refractivity contribution in [3.05, 3.63) is 108 Å². The SMILES string of the molecule is N[C@H]1CCCCN(Cc2ccccc2)C1.O=C(N[C@H]1CCCCN(Cc2ccccc2)C1)N1CC[C@@H]2[C@H]1C(=O)N2SOOO.O=C(N[C@H]1CCCCN(Cc2ccccc2)C1)ON1C(=O)CCC1=O.O=C(N[C@H]1CCCCNC1)N1CC[C@@H]2[C@H]1C(=O)N2S(=O)(=O)O.O=C1[C@H]2NCC[C@H]2N1S(=O)(=O)O. The van der Waals surface area contributed by atoms with Crippen LogP contribution >= 0.6 is 12.2 Å². The number of amides is 10. The number of nitrogens with two attached hydrogens (primary N) is 1. The number of rotatable bonds is 15. The van der Waals surface area contributed by atoms with E-state index in [2.05, 4.69) is 105 Å². The second-order valence-corrected chi connectivity index (χ2v) is 30.8. The summed E-state index contributed by atoms with van der Waals surface area (Å²) in [6, 6.07) is 28.3. The Morgan fingerprint density at radius 2 is 0.990 bits per heavy atom. The fourth-order valence-corrected chi connectivity index (χ4v) is 17.5. The molecule has 10 atom stereocenters. The molecule has 33 nitrogen and oxygen atoms in total. The van der Waals surface area contributed by atoms with Crippen LogP contribution in [0.3, 0.4) is 0 Å². The van der Waals surface area contributed by atoms with E-state index in [1.807, 2.05) is 36.4 Å². The summed E-state index contributed by atoms with van der Waals surface area (Å²) in [5, 5.41) is 27.3. The van der Waals surface area contributed by atoms with Crippen LogP contribution in [0.5, 0.6) is 0 Å². The summed E-state index contributed by atoms with van der Waals surface area (Å²) in [6.45, 7) is 11.6. The fourth-order valence-electron chi connectivity index (χ4n) is 15.1. The number of fused-ring (bicyclic) bond motifs is 3. The van der Waals surface area contributed by atoms with Crippen molar-refractivity contribution in [2.45, 2.75) is 189 Å². The minimum Gasteiger partial charge on any atom is -0.334 e. The van der Waals surface area contributed by atoms with Gasteiger partial charge in [-0.3, -0.25) is 52.1 Å². The number of likely N-dealkylation sites (tertiary alicyclic amines) is 5. The summed E-state index contributed by atoms with van der Waals surface area (Å²) in [5.41, 5.74) is 9.94. The van der Waals surface area contributed by atoms with Gasteiger partial charge in [-0.15, -0.1) is 9.40 Å². The molecule has 103 heavy (non-hydrogen) atoms. The zero-order valence-corrected chi connectivity index (χ0v) is 60.1. The number of nitrogens with zero attached hydrogens (tertiary/aromatic N) is 9. The highest BCUT2D eigenvalue weighted by Gasteiger charge is 2.61. The number of hydroxylamine groups is 2. The molecule has 3 aromatic rings. The number of nitrogens with one attached hydrogen (secondary N) is 5. The summed E-state index contributed by atoms with van der Waals surface area (Å²) in [7, 11) is -8.86. The van der Waals surface area contributed by atoms with Crippen LogP contribution in [0.2, 0.25) is 0 Å². The molecule has 3 aromatic carbocycles. The van der Waals surface area contributed by atoms with E-state index in [0.29, 0.717) is 83.9 Å². The van der Waals surface area contributed by atoms with Crippen molar-refractivity contribution >= 4 is 80.5 Å². The molecule has 0 spiro atoms. The van der Waals surface area contributed by atoms with Crippen molar-refractivity contribution in [1.29, 1.82) is 0 Å². The number of imide groups is 1. The monoisotopic (exact) mass is 1500 g/mol. The maximum atomic E-state index is 12.9. The predicted molar refractivity (Wildman–Crippen MR) is 375 cm³/mol. The highest BCUT2D eigenvalue weighted by Crippen LogP contribution is 2.40. The summed E-state index contributed by atoms with van der Waals surface area (Å²) in [5.74, 6) is -2.44. The second kappa shape index (κ2) is 37.2. The van der Waals surface area contributed by atoms with Gasteiger partial charge in [0.25, 0.3) is 29.5 Å². The van der Waals surface area contributed by atoms with Crippen LogP contribution in [0.25, 0.3) is 0 Å². The third kappa shape index (κ3) is 21.3. The van der Waals surface area contributed by atoms with Crippen LogP contribution in [-0.4, -0.2) is 254 Å². The summed E-state index contributed by atoms with van der Waals surface area (Å²) >= 11 is 0.648. The number of carbonyl (C=O) groups excluding carboxylic acids is 8. The van der Waals surface area contributed by atoms with Gasteiger partial charge in [0.1, 0.15) is 18.1 Å². The largest absolute Gasteiger partial charge is 0.432 e. The lowest BCUT2D eigenvalue weighted by molar-refractivity contribution is -0.433. The van der Waals surface area contributed by atoms with Gasteiger partial charge in [0.15, 0.2) is 12.2 Å². The fraction of sp³-hybridized carbons (Fsp3) is 0.612. The van der Waals surface area contributed by atoms with Gasteiger partial charge in [0.2, 0.25) is 0 Å². The molecular formula is C67H97N15O18S3. The third-order valence-corrected chi connectivity index (χ3v) is 22.8. The van der Waals surface area contributed by atoms with Crippen LogP contribution in [0, 0.1) is 0 Å². The molecule has 36 heteroatoms. The van der Waals surface area contributed by atoms with Gasteiger partial charge >= 0.3 is 38.8 Å². The molecule has 10 amide bonds. The first-order valence-electron chi connectivity index (χ1n) is 35.6. The number of benzene rings is 3. The molecule has 0 radical (unpaired) electrons. The normalized spacial score (nSPS) is 27.4. The van der Waals surface area contributed by atoms with Gasteiger partial charge in [-0.05, 0) is 120 Å². The van der Waals surface area contributed by atoms with E-state index in [0.717, 1.165) is 110 Å². The van der Waals surface area contributed by atoms with Crippen molar-refractivity contribution in [2.75, 3.05) is 72.0 Å². The molecular weight excluding hydrogens is 1400 g/mol. The lowest BCUT2D eigenvalue weighted by atomic mass is 10.0. The van der Waals surface area contributed by atoms with E-state index in [9.17, 15) is 55.2 Å². The first kappa shape index (κ1) is 78.4. The number of hydrogen-bond acceptors (Lipinski definition) is 23. The topological polar surface area (TPSA) is 409 Å². The number of urea groups is 2. The lowest BCUT2D eigenvalue weighted by Crippen LogP contribution is -2.69. The van der Waals surface area contributed by atoms with E-state index < -0.39 is 74.5 Å². The standard InChI is InChI=1S/C19H26N4O5S.C18H23N3O4.C13H20N2.C12H20N4O5S.C5H8N2O4S/c24-18-17-16(23(18)29-28-27-26)9-11-22(17)19(25)20-15-8-4-5-10-21(13-15)12-14-6-2-1-3-7-14;22-16-9-10-17(23)21(16)25-18(24)19-15-8-4-5-11-20(13-15)12-14-6-2-1-3-7-14;14-13-8-4-5-9-15(11-13)10-12-6-2-1-3-7-12;17-11-10-9(16(11)22(19,20)21)4-6-15(10)12(18)14-8-3-1-2-5-13-7-8;8-5-4-3(1-2-6-4)7(5)12(9,10)11/h1-3,6-7,15-17,26H,4-5,8-13H2,(H,20,25);1-3,6-7,15H,4-5,8-13H2,(H,19,24);1-3,6-7,13H,4-5,8-11,14H2;8-10,13H,1-7H2,(H,14,18)(H,19,20,21);3-4,6H,1-2H2,(H,9,10,11)/t15-,16+,17-;15-;13-;8-,9+,10-;3-,4+/m00001/s1. The van der Waals surface area contributed by atoms with Crippen molar-refractivity contribution in [3.8, 4) is 0 Å². The molecule has 11 saturated heterocycles. The highest BCUT2D eigenvalue weighted by molar-refractivity contribution is 7.92. The second-order valence-electron chi connectivity index (χ2n) is 27.6. The first-order valence-corrected chi connectivity index (χ1v) is 39.1. The Labute approximate surface area is 605 Å². The molecule has 0 aliphatic carbocycles. The molecule has 0 saturated carbocycles. The smallest absolute Gasteiger partial charge is 0.334 e. The molecule has 0 unspecified atom stereocenters. The third-order valence-electron chi connectivity index (χ3n) is 20.2. The average Bonchev–Trinajstić information content (AvgIpc) is 1.64. The van der Waals surface area contributed by atoms with Crippen LogP contribution in [0.1, 0.15) is 126 Å². The molecule has 566 valence electrons. The summed E-state index contributed by atoms with van der Waals surface area (Å²) in [4.78, 5) is 111. The van der Waals surface area contributed by atoms with Crippen LogP contribution in [-0.2, 0) is 78.4 Å². The molecule has 0 bridgehead atoms. The van der Waals surface area contributed by atoms with Crippen molar-refractivity contribution in [3.63, 3.8) is 0 Å². The number of β-lactam (4-membered cyclic amide) rings is 3. The van der Waals surface area contributed by atoms with Crippen LogP contribution in [0.15, 0.2) is 91.0 Å². The van der Waals surface area contributed by atoms with E-state index in [1.165, 1.54) is 51.7 Å². The van der Waals surface area contributed by atoms with E-state index >= 15 is 0 Å². The Balaban J connectivity index is 0.000000143. The van der Waals surface area contributed by atoms with Crippen molar-refractivity contribution in [2.24, 2.45) is 5.73 Å². The van der Waals surface area contributed by atoms with Gasteiger partial charge in [-0.2, -0.15) is 16.8 Å². The minimum absolute atomic E-state index is 0.0157. The zero-order chi connectivity index (χ0) is 73.2. The molecule has 0 aromatic heterocycles. The average molecular weight is 1500 g/mol. The Hall–Kier alpha value is -7.17. The minimum atomic E-state index is -4.54. The zero-order valence-electron chi connectivity index (χ0n) is 57.6. The summed E-state index contributed by atoms with van der Waals surface area (Å²) in [6.07, 6.45) is 13.9. The Morgan fingerprint density at radius 3 is 1.52 bits per heavy atom. The first-order chi connectivity index (χ1) is 49.5.